The fraction of sp³-hybridized carbons (Fsp3) is 0.900. The highest BCUT2D eigenvalue weighted by Gasteiger charge is 2.31. The minimum Gasteiger partial charge on any atom is -0.392 e. The molecule has 0 bridgehead atoms. The molecule has 0 heterocycles. The van der Waals surface area contributed by atoms with Gasteiger partial charge in [-0.15, -0.1) is 0 Å². The van der Waals surface area contributed by atoms with Crippen LogP contribution in [0.4, 0.5) is 0 Å². The van der Waals surface area contributed by atoms with Gasteiger partial charge in [-0.1, -0.05) is 25.1 Å². The Hall–Kier alpha value is -0.240. The molecule has 0 atom stereocenters. The molecule has 5 nitrogen and oxygen atoms in total. The number of rotatable bonds is 7. The van der Waals surface area contributed by atoms with Gasteiger partial charge in [0.25, 0.3) is 0 Å². The third-order valence-corrected chi connectivity index (χ3v) is 4.90. The Balaban J connectivity index is 2.76. The van der Waals surface area contributed by atoms with E-state index in [1.165, 1.54) is 11.4 Å². The predicted octanol–water partition coefficient (Wildman–Crippen LogP) is 0.493. The van der Waals surface area contributed by atoms with Crippen molar-refractivity contribution in [2.75, 3.05) is 26.0 Å². The van der Waals surface area contributed by atoms with Gasteiger partial charge in [-0.05, 0) is 12.8 Å². The second-order valence-corrected chi connectivity index (χ2v) is 6.82. The molecule has 100 valence electrons. The molecule has 0 amide bonds. The molecule has 0 saturated heterocycles. The van der Waals surface area contributed by atoms with Crippen LogP contribution in [-0.2, 0) is 14.8 Å². The monoisotopic (exact) mass is 280 g/mol. The topological polar surface area (TPSA) is 72.6 Å². The van der Waals surface area contributed by atoms with E-state index in [1.54, 1.807) is 0 Å². The number of nitrogens with zero attached hydrogens (tertiary/aromatic N) is 1. The van der Waals surface area contributed by atoms with Crippen molar-refractivity contribution < 1.29 is 13.2 Å². The third-order valence-electron chi connectivity index (χ3n) is 2.95. The Morgan fingerprint density at radius 2 is 2.06 bits per heavy atom. The lowest BCUT2D eigenvalue weighted by Crippen LogP contribution is -2.45. The smallest absolute Gasteiger partial charge is 0.217 e. The molecule has 17 heavy (non-hydrogen) atoms. The van der Waals surface area contributed by atoms with Gasteiger partial charge in [0.15, 0.2) is 0 Å². The molecule has 0 aromatic heterocycles. The van der Waals surface area contributed by atoms with Gasteiger partial charge in [-0.2, -0.15) is 4.31 Å². The quantitative estimate of drug-likeness (QED) is 0.687. The Bertz CT molecular complexity index is 351. The van der Waals surface area contributed by atoms with Crippen molar-refractivity contribution in [3.05, 3.63) is 0 Å². The van der Waals surface area contributed by atoms with E-state index in [9.17, 15) is 8.42 Å². The zero-order chi connectivity index (χ0) is 12.9. The molecule has 1 aliphatic carbocycles. The average molecular weight is 280 g/mol. The number of sulfonamides is 1. The maximum absolute atomic E-state index is 12.1. The van der Waals surface area contributed by atoms with Crippen molar-refractivity contribution in [3.63, 3.8) is 0 Å². The molecule has 2 N–H and O–H groups in total. The van der Waals surface area contributed by atoms with Gasteiger partial charge in [-0.25, -0.2) is 8.42 Å². The van der Waals surface area contributed by atoms with E-state index >= 15 is 0 Å². The Morgan fingerprint density at radius 3 is 2.53 bits per heavy atom. The molecule has 0 aromatic carbocycles. The first-order chi connectivity index (χ1) is 7.97. The van der Waals surface area contributed by atoms with E-state index in [1.807, 2.05) is 0 Å². The Morgan fingerprint density at radius 1 is 1.47 bits per heavy atom. The van der Waals surface area contributed by atoms with Gasteiger partial charge in [0.2, 0.25) is 10.0 Å². The maximum Gasteiger partial charge on any atom is 0.217 e. The van der Waals surface area contributed by atoms with Crippen molar-refractivity contribution in [2.24, 2.45) is 5.73 Å². The summed E-state index contributed by atoms with van der Waals surface area (Å²) in [4.78, 5) is 0.220. The second-order valence-electron chi connectivity index (χ2n) is 4.26. The van der Waals surface area contributed by atoms with Gasteiger partial charge in [-0.3, -0.25) is 0 Å². The number of thiocarbonyl (C=S) groups is 1. The number of hydrogen-bond donors (Lipinski definition) is 1. The Kier molecular flexibility index (Phi) is 5.78. The average Bonchev–Trinajstić information content (AvgIpc) is 2.76. The minimum absolute atomic E-state index is 0.0113. The molecule has 7 heteroatoms. The molecule has 1 aliphatic rings. The van der Waals surface area contributed by atoms with Gasteiger partial charge in [0, 0.05) is 13.2 Å². The summed E-state index contributed by atoms with van der Waals surface area (Å²) in [5.41, 5.74) is 5.48. The van der Waals surface area contributed by atoms with E-state index in [0.717, 1.165) is 25.7 Å². The number of ether oxygens (including phenoxy) is 1. The van der Waals surface area contributed by atoms with E-state index in [4.69, 9.17) is 22.7 Å². The van der Waals surface area contributed by atoms with Crippen molar-refractivity contribution >= 4 is 27.2 Å². The van der Waals surface area contributed by atoms with Crippen LogP contribution in [0.1, 0.15) is 25.7 Å². The minimum atomic E-state index is -3.32. The highest BCUT2D eigenvalue weighted by molar-refractivity contribution is 7.89. The number of methoxy groups -OCH3 is 1. The summed E-state index contributed by atoms with van der Waals surface area (Å²) in [6.07, 6.45) is 3.93. The molecule has 1 rings (SSSR count). The highest BCUT2D eigenvalue weighted by Crippen LogP contribution is 2.25. The summed E-state index contributed by atoms with van der Waals surface area (Å²) in [5, 5.41) is 0. The van der Waals surface area contributed by atoms with Crippen LogP contribution in [0.25, 0.3) is 0 Å². The summed E-state index contributed by atoms with van der Waals surface area (Å²) in [6.45, 7) is 0.342. The maximum atomic E-state index is 12.1. The largest absolute Gasteiger partial charge is 0.392 e. The van der Waals surface area contributed by atoms with Gasteiger partial charge in [0.1, 0.15) is 0 Å². The zero-order valence-corrected chi connectivity index (χ0v) is 11.7. The molecular formula is C10H20N2O3S2. The molecule has 1 fully saturated rings. The van der Waals surface area contributed by atoms with Crippen LogP contribution in [0.15, 0.2) is 0 Å². The lowest BCUT2D eigenvalue weighted by Gasteiger charge is -2.27. The van der Waals surface area contributed by atoms with Crippen molar-refractivity contribution in [3.8, 4) is 0 Å². The van der Waals surface area contributed by atoms with Crippen LogP contribution in [0.5, 0.6) is 0 Å². The fourth-order valence-corrected chi connectivity index (χ4v) is 3.94. The molecule has 0 aromatic rings. The molecule has 0 aliphatic heterocycles. The molecular weight excluding hydrogens is 260 g/mol. The van der Waals surface area contributed by atoms with Crippen LogP contribution in [0.3, 0.4) is 0 Å². The molecule has 0 spiro atoms. The Labute approximate surface area is 108 Å². The lowest BCUT2D eigenvalue weighted by molar-refractivity contribution is 0.214. The third kappa shape index (κ3) is 4.50. The van der Waals surface area contributed by atoms with Crippen LogP contribution in [0.2, 0.25) is 0 Å². The molecule has 0 unspecified atom stereocenters. The summed E-state index contributed by atoms with van der Waals surface area (Å²) >= 11 is 4.83. The fourth-order valence-electron chi connectivity index (χ4n) is 2.11. The highest BCUT2D eigenvalue weighted by atomic mass is 32.2. The van der Waals surface area contributed by atoms with E-state index in [0.29, 0.717) is 0 Å². The lowest BCUT2D eigenvalue weighted by atomic mass is 10.2. The van der Waals surface area contributed by atoms with E-state index < -0.39 is 10.0 Å². The van der Waals surface area contributed by atoms with Gasteiger partial charge < -0.3 is 10.5 Å². The molecule has 1 saturated carbocycles. The summed E-state index contributed by atoms with van der Waals surface area (Å²) in [5.74, 6) is -0.0113. The van der Waals surface area contributed by atoms with Crippen molar-refractivity contribution in [2.45, 2.75) is 31.7 Å². The predicted molar refractivity (Wildman–Crippen MR) is 71.4 cm³/mol. The first kappa shape index (κ1) is 14.8. The number of nitrogens with two attached hydrogens (primary N) is 1. The van der Waals surface area contributed by atoms with Gasteiger partial charge >= 0.3 is 0 Å². The normalized spacial score (nSPS) is 17.8. The summed E-state index contributed by atoms with van der Waals surface area (Å²) in [7, 11) is -1.83. The van der Waals surface area contributed by atoms with E-state index in [-0.39, 0.29) is 29.9 Å². The first-order valence-electron chi connectivity index (χ1n) is 5.74. The van der Waals surface area contributed by atoms with Crippen molar-refractivity contribution in [1.82, 2.24) is 4.31 Å². The van der Waals surface area contributed by atoms with E-state index in [2.05, 4.69) is 0 Å². The van der Waals surface area contributed by atoms with Crippen LogP contribution >= 0.6 is 12.2 Å². The number of hydrogen-bond acceptors (Lipinski definition) is 4. The SMILES string of the molecule is COCCS(=O)(=O)N(CC(N)=S)C1CCCC1. The van der Waals surface area contributed by atoms with Crippen LogP contribution < -0.4 is 5.73 Å². The summed E-state index contributed by atoms with van der Waals surface area (Å²) in [6, 6.07) is 0.0540. The van der Waals surface area contributed by atoms with Gasteiger partial charge in [0.05, 0.1) is 23.9 Å². The second kappa shape index (κ2) is 6.63. The zero-order valence-electron chi connectivity index (χ0n) is 10.1. The van der Waals surface area contributed by atoms with Crippen LogP contribution in [-0.4, -0.2) is 49.8 Å². The molecule has 0 radical (unpaired) electrons. The first-order valence-corrected chi connectivity index (χ1v) is 7.76. The van der Waals surface area contributed by atoms with Crippen molar-refractivity contribution in [1.29, 1.82) is 0 Å². The summed E-state index contributed by atoms with van der Waals surface area (Å²) < 4.78 is 30.6. The van der Waals surface area contributed by atoms with Crippen LogP contribution in [0, 0.1) is 0 Å². The standard InChI is InChI=1S/C10H20N2O3S2/c1-15-6-7-17(13,14)12(8-10(11)16)9-4-2-3-5-9/h9H,2-8H2,1H3,(H2,11,16).